The van der Waals surface area contributed by atoms with Gasteiger partial charge in [0.05, 0.1) is 5.69 Å². The summed E-state index contributed by atoms with van der Waals surface area (Å²) >= 11 is 9.26. The zero-order chi connectivity index (χ0) is 10.1. The van der Waals surface area contributed by atoms with Gasteiger partial charge in [-0.1, -0.05) is 11.6 Å². The van der Waals surface area contributed by atoms with E-state index in [9.17, 15) is 0 Å². The van der Waals surface area contributed by atoms with Gasteiger partial charge in [-0.05, 0) is 46.6 Å². The average Bonchev–Trinajstić information content (AvgIpc) is 2.52. The van der Waals surface area contributed by atoms with Crippen molar-refractivity contribution >= 4 is 27.5 Å². The summed E-state index contributed by atoms with van der Waals surface area (Å²) in [5.41, 5.74) is 2.20. The van der Waals surface area contributed by atoms with Gasteiger partial charge in [-0.3, -0.25) is 4.57 Å². The fourth-order valence-electron chi connectivity index (χ4n) is 1.35. The molecule has 0 fully saturated rings. The number of benzene rings is 1. The zero-order valence-corrected chi connectivity index (χ0v) is 9.88. The van der Waals surface area contributed by atoms with Crippen LogP contribution in [0.5, 0.6) is 0 Å². The minimum atomic E-state index is 0.752. The van der Waals surface area contributed by atoms with Gasteiger partial charge in [0.25, 0.3) is 0 Å². The van der Waals surface area contributed by atoms with Crippen molar-refractivity contribution in [2.24, 2.45) is 0 Å². The molecule has 4 heteroatoms. The lowest BCUT2D eigenvalue weighted by molar-refractivity contribution is 1.00. The van der Waals surface area contributed by atoms with Crippen LogP contribution >= 0.6 is 27.5 Å². The molecule has 0 aliphatic rings. The number of aryl methyl sites for hydroxylation is 1. The van der Waals surface area contributed by atoms with Crippen LogP contribution in [0.4, 0.5) is 0 Å². The van der Waals surface area contributed by atoms with E-state index in [0.29, 0.717) is 0 Å². The van der Waals surface area contributed by atoms with Crippen LogP contribution in [0.1, 0.15) is 5.56 Å². The molecule has 0 unspecified atom stereocenters. The maximum atomic E-state index is 5.88. The van der Waals surface area contributed by atoms with Gasteiger partial charge in [-0.25, -0.2) is 4.98 Å². The monoisotopic (exact) mass is 270 g/mol. The molecule has 0 N–H and O–H groups in total. The average molecular weight is 272 g/mol. The predicted octanol–water partition coefficient (Wildman–Crippen LogP) is 3.60. The largest absolute Gasteiger partial charge is 0.294 e. The second kappa shape index (κ2) is 3.75. The van der Waals surface area contributed by atoms with Crippen molar-refractivity contribution in [3.63, 3.8) is 0 Å². The zero-order valence-electron chi connectivity index (χ0n) is 7.54. The minimum Gasteiger partial charge on any atom is -0.294 e. The van der Waals surface area contributed by atoms with Crippen molar-refractivity contribution in [2.45, 2.75) is 6.92 Å². The molecular formula is C10H8BrClN2. The molecule has 2 nitrogen and oxygen atoms in total. The molecule has 1 aromatic heterocycles. The van der Waals surface area contributed by atoms with Crippen LogP contribution in [0.3, 0.4) is 0 Å². The van der Waals surface area contributed by atoms with Crippen LogP contribution in [-0.4, -0.2) is 9.55 Å². The molecule has 1 heterocycles. The van der Waals surface area contributed by atoms with E-state index < -0.39 is 0 Å². The van der Waals surface area contributed by atoms with Gasteiger partial charge in [0.1, 0.15) is 0 Å². The maximum absolute atomic E-state index is 5.88. The summed E-state index contributed by atoms with van der Waals surface area (Å²) in [6.07, 6.45) is 3.65. The number of halogens is 2. The van der Waals surface area contributed by atoms with Crippen LogP contribution in [0.2, 0.25) is 5.02 Å². The van der Waals surface area contributed by atoms with E-state index in [1.54, 1.807) is 6.20 Å². The molecule has 0 atom stereocenters. The standard InChI is InChI=1S/C10H8BrClN2/c1-7-6-8(12)2-3-9(7)14-5-4-13-10(14)11/h2-6H,1H3. The Labute approximate surface area is 95.7 Å². The highest BCUT2D eigenvalue weighted by atomic mass is 79.9. The third-order valence-electron chi connectivity index (χ3n) is 2.01. The maximum Gasteiger partial charge on any atom is 0.181 e. The van der Waals surface area contributed by atoms with E-state index in [1.807, 2.05) is 35.9 Å². The summed E-state index contributed by atoms with van der Waals surface area (Å²) in [4.78, 5) is 4.10. The summed E-state index contributed by atoms with van der Waals surface area (Å²) < 4.78 is 2.76. The molecule has 72 valence electrons. The Hall–Kier alpha value is -0.800. The van der Waals surface area contributed by atoms with Crippen molar-refractivity contribution in [1.29, 1.82) is 0 Å². The lowest BCUT2D eigenvalue weighted by atomic mass is 10.2. The van der Waals surface area contributed by atoms with E-state index in [0.717, 1.165) is 21.0 Å². The van der Waals surface area contributed by atoms with Crippen LogP contribution in [0.25, 0.3) is 5.69 Å². The van der Waals surface area contributed by atoms with Crippen molar-refractivity contribution in [3.8, 4) is 5.69 Å². The lowest BCUT2D eigenvalue weighted by Crippen LogP contribution is -1.95. The highest BCUT2D eigenvalue weighted by Gasteiger charge is 2.04. The van der Waals surface area contributed by atoms with Gasteiger partial charge < -0.3 is 0 Å². The van der Waals surface area contributed by atoms with Gasteiger partial charge >= 0.3 is 0 Å². The summed E-state index contributed by atoms with van der Waals surface area (Å²) in [7, 11) is 0. The molecule has 0 saturated carbocycles. The molecule has 0 amide bonds. The molecule has 2 rings (SSSR count). The number of imidazole rings is 1. The predicted molar refractivity (Wildman–Crippen MR) is 61.0 cm³/mol. The Kier molecular flexibility index (Phi) is 2.61. The van der Waals surface area contributed by atoms with Crippen molar-refractivity contribution in [1.82, 2.24) is 9.55 Å². The Balaban J connectivity index is 2.58. The summed E-state index contributed by atoms with van der Waals surface area (Å²) in [6, 6.07) is 5.78. The van der Waals surface area contributed by atoms with Crippen LogP contribution in [-0.2, 0) is 0 Å². The number of hydrogen-bond acceptors (Lipinski definition) is 1. The lowest BCUT2D eigenvalue weighted by Gasteiger charge is -2.07. The normalized spacial score (nSPS) is 10.5. The van der Waals surface area contributed by atoms with Crippen molar-refractivity contribution in [2.75, 3.05) is 0 Å². The summed E-state index contributed by atoms with van der Waals surface area (Å²) in [5, 5.41) is 0.752. The molecular weight excluding hydrogens is 263 g/mol. The summed E-state index contributed by atoms with van der Waals surface area (Å²) in [6.45, 7) is 2.02. The number of aromatic nitrogens is 2. The van der Waals surface area contributed by atoms with Gasteiger partial charge in [-0.15, -0.1) is 0 Å². The quantitative estimate of drug-likeness (QED) is 0.775. The fraction of sp³-hybridized carbons (Fsp3) is 0.100. The van der Waals surface area contributed by atoms with Crippen LogP contribution in [0, 0.1) is 6.92 Å². The van der Waals surface area contributed by atoms with E-state index in [4.69, 9.17) is 11.6 Å². The van der Waals surface area contributed by atoms with E-state index in [2.05, 4.69) is 20.9 Å². The molecule has 0 bridgehead atoms. The highest BCUT2D eigenvalue weighted by Crippen LogP contribution is 2.21. The first-order valence-electron chi connectivity index (χ1n) is 4.14. The minimum absolute atomic E-state index is 0.752. The van der Waals surface area contributed by atoms with Crippen molar-refractivity contribution in [3.05, 3.63) is 45.9 Å². The molecule has 2 aromatic rings. The molecule has 0 radical (unpaired) electrons. The van der Waals surface area contributed by atoms with Crippen molar-refractivity contribution < 1.29 is 0 Å². The fourth-order valence-corrected chi connectivity index (χ4v) is 2.01. The molecule has 0 aliphatic carbocycles. The Bertz CT molecular complexity index is 465. The first-order chi connectivity index (χ1) is 6.68. The van der Waals surface area contributed by atoms with Gasteiger partial charge in [0.15, 0.2) is 4.73 Å². The topological polar surface area (TPSA) is 17.8 Å². The SMILES string of the molecule is Cc1cc(Cl)ccc1-n1ccnc1Br. The third-order valence-corrected chi connectivity index (χ3v) is 2.84. The van der Waals surface area contributed by atoms with Gasteiger partial charge in [0.2, 0.25) is 0 Å². The Morgan fingerprint density at radius 1 is 1.43 bits per heavy atom. The third kappa shape index (κ3) is 1.70. The second-order valence-electron chi connectivity index (χ2n) is 3.00. The molecule has 0 saturated heterocycles. The van der Waals surface area contributed by atoms with E-state index in [1.165, 1.54) is 0 Å². The Morgan fingerprint density at radius 3 is 2.79 bits per heavy atom. The van der Waals surface area contributed by atoms with Gasteiger partial charge in [-0.2, -0.15) is 0 Å². The highest BCUT2D eigenvalue weighted by molar-refractivity contribution is 9.10. The number of hydrogen-bond donors (Lipinski definition) is 0. The first-order valence-corrected chi connectivity index (χ1v) is 5.31. The summed E-state index contributed by atoms with van der Waals surface area (Å²) in [5.74, 6) is 0. The molecule has 14 heavy (non-hydrogen) atoms. The van der Waals surface area contributed by atoms with E-state index in [-0.39, 0.29) is 0 Å². The smallest absolute Gasteiger partial charge is 0.181 e. The molecule has 1 aromatic carbocycles. The first kappa shape index (κ1) is 9.74. The van der Waals surface area contributed by atoms with E-state index >= 15 is 0 Å². The molecule has 0 spiro atoms. The molecule has 0 aliphatic heterocycles. The van der Waals surface area contributed by atoms with Gasteiger partial charge in [0, 0.05) is 17.4 Å². The Morgan fingerprint density at radius 2 is 2.21 bits per heavy atom. The second-order valence-corrected chi connectivity index (χ2v) is 4.14. The number of rotatable bonds is 1. The van der Waals surface area contributed by atoms with Crippen LogP contribution < -0.4 is 0 Å². The number of nitrogens with zero attached hydrogens (tertiary/aromatic N) is 2. The van der Waals surface area contributed by atoms with Crippen LogP contribution in [0.15, 0.2) is 35.3 Å².